The first kappa shape index (κ1) is 16.9. The molecule has 0 saturated heterocycles. The van der Waals surface area contributed by atoms with Gasteiger partial charge in [-0.25, -0.2) is 0 Å². The first-order chi connectivity index (χ1) is 10.0. The van der Waals surface area contributed by atoms with Gasteiger partial charge in [0.05, 0.1) is 29.0 Å². The molecular weight excluding hydrogens is 330 g/mol. The fraction of sp³-hybridized carbons (Fsp3) is 0.800. The lowest BCUT2D eigenvalue weighted by molar-refractivity contribution is 0.177. The zero-order chi connectivity index (χ0) is 15.5. The smallest absolute Gasteiger partial charge is 0.0715 e. The first-order valence-corrected chi connectivity index (χ1v) is 8.65. The summed E-state index contributed by atoms with van der Waals surface area (Å²) < 4.78 is 3.16. The van der Waals surface area contributed by atoms with Crippen molar-refractivity contribution in [1.82, 2.24) is 20.1 Å². The van der Waals surface area contributed by atoms with Crippen LogP contribution in [0.3, 0.4) is 0 Å². The number of halogens is 1. The summed E-state index contributed by atoms with van der Waals surface area (Å²) in [6, 6.07) is 0.157. The number of aromatic nitrogens is 2. The van der Waals surface area contributed by atoms with Crippen LogP contribution in [0.4, 0.5) is 0 Å². The van der Waals surface area contributed by atoms with Gasteiger partial charge in [-0.3, -0.25) is 16.0 Å². The predicted molar refractivity (Wildman–Crippen MR) is 89.7 cm³/mol. The third-order valence-electron chi connectivity index (χ3n) is 4.95. The summed E-state index contributed by atoms with van der Waals surface area (Å²) in [7, 11) is 4.17. The Kier molecular flexibility index (Phi) is 5.82. The van der Waals surface area contributed by atoms with Gasteiger partial charge in [0.25, 0.3) is 0 Å². The van der Waals surface area contributed by atoms with Gasteiger partial charge in [-0.05, 0) is 54.7 Å². The van der Waals surface area contributed by atoms with Gasteiger partial charge in [0.15, 0.2) is 0 Å². The molecule has 1 heterocycles. The number of nitrogens with zero attached hydrogens (tertiary/aromatic N) is 3. The van der Waals surface area contributed by atoms with Crippen molar-refractivity contribution < 1.29 is 0 Å². The molecule has 0 aliphatic heterocycles. The number of rotatable bonds is 7. The molecule has 21 heavy (non-hydrogen) atoms. The minimum Gasteiger partial charge on any atom is -0.308 e. The Morgan fingerprint density at radius 3 is 2.67 bits per heavy atom. The van der Waals surface area contributed by atoms with Crippen LogP contribution in [0, 0.1) is 5.41 Å². The highest BCUT2D eigenvalue weighted by Crippen LogP contribution is 2.50. The highest BCUT2D eigenvalue weighted by Gasteiger charge is 2.42. The van der Waals surface area contributed by atoms with Crippen LogP contribution >= 0.6 is 15.9 Å². The molecule has 1 aliphatic rings. The summed E-state index contributed by atoms with van der Waals surface area (Å²) in [5.74, 6) is 5.98. The number of hydrogen-bond donors (Lipinski definition) is 2. The van der Waals surface area contributed by atoms with E-state index in [4.69, 9.17) is 5.84 Å². The normalized spacial score (nSPS) is 19.3. The second-order valence-corrected chi connectivity index (χ2v) is 7.28. The Bertz CT molecular complexity index is 451. The van der Waals surface area contributed by atoms with E-state index in [0.29, 0.717) is 0 Å². The molecule has 0 amide bonds. The zero-order valence-corrected chi connectivity index (χ0v) is 15.0. The third kappa shape index (κ3) is 3.50. The van der Waals surface area contributed by atoms with Crippen LogP contribution in [0.2, 0.25) is 0 Å². The van der Waals surface area contributed by atoms with Crippen molar-refractivity contribution in [2.45, 2.75) is 51.6 Å². The third-order valence-corrected chi connectivity index (χ3v) is 5.56. The highest BCUT2D eigenvalue weighted by molar-refractivity contribution is 9.10. The van der Waals surface area contributed by atoms with Crippen LogP contribution in [0.15, 0.2) is 10.7 Å². The Morgan fingerprint density at radius 1 is 1.48 bits per heavy atom. The quantitative estimate of drug-likeness (QED) is 0.581. The van der Waals surface area contributed by atoms with Crippen molar-refractivity contribution in [1.29, 1.82) is 0 Å². The van der Waals surface area contributed by atoms with Crippen LogP contribution in [-0.4, -0.2) is 35.3 Å². The summed E-state index contributed by atoms with van der Waals surface area (Å²) in [5.41, 5.74) is 4.56. The Morgan fingerprint density at radius 2 is 2.14 bits per heavy atom. The first-order valence-electron chi connectivity index (χ1n) is 7.86. The largest absolute Gasteiger partial charge is 0.308 e. The lowest BCUT2D eigenvalue weighted by Gasteiger charge is -2.37. The average molecular weight is 358 g/mol. The maximum Gasteiger partial charge on any atom is 0.0715 e. The van der Waals surface area contributed by atoms with Crippen LogP contribution in [0.5, 0.6) is 0 Å². The molecule has 0 aromatic carbocycles. The molecule has 1 aromatic rings. The molecular formula is C15H28BrN5. The van der Waals surface area contributed by atoms with E-state index in [1.165, 1.54) is 31.4 Å². The fourth-order valence-electron chi connectivity index (χ4n) is 3.60. The van der Waals surface area contributed by atoms with Crippen molar-refractivity contribution in [3.63, 3.8) is 0 Å². The van der Waals surface area contributed by atoms with Gasteiger partial charge in [0.2, 0.25) is 0 Å². The molecule has 1 unspecified atom stereocenters. The van der Waals surface area contributed by atoms with E-state index in [-0.39, 0.29) is 11.5 Å². The lowest BCUT2D eigenvalue weighted by atomic mass is 9.75. The number of likely N-dealkylation sites (N-methyl/N-ethyl adjacent to an activating group) is 1. The second-order valence-electron chi connectivity index (χ2n) is 6.43. The van der Waals surface area contributed by atoms with E-state index in [0.717, 1.165) is 24.0 Å². The van der Waals surface area contributed by atoms with Crippen molar-refractivity contribution in [2.75, 3.05) is 20.6 Å². The number of nitrogens with two attached hydrogens (primary N) is 1. The van der Waals surface area contributed by atoms with Gasteiger partial charge in [0, 0.05) is 6.54 Å². The zero-order valence-electron chi connectivity index (χ0n) is 13.4. The Balaban J connectivity index is 2.31. The molecule has 1 aliphatic carbocycles. The van der Waals surface area contributed by atoms with E-state index < -0.39 is 0 Å². The number of hydrazine groups is 1. The average Bonchev–Trinajstić information content (AvgIpc) is 3.07. The van der Waals surface area contributed by atoms with Crippen LogP contribution in [0.25, 0.3) is 0 Å². The van der Waals surface area contributed by atoms with Crippen LogP contribution in [-0.2, 0) is 6.54 Å². The van der Waals surface area contributed by atoms with Crippen LogP contribution in [0.1, 0.15) is 50.8 Å². The molecule has 0 radical (unpaired) electrons. The minimum absolute atomic E-state index is 0.157. The monoisotopic (exact) mass is 357 g/mol. The molecule has 1 saturated carbocycles. The van der Waals surface area contributed by atoms with Crippen molar-refractivity contribution in [3.05, 3.63) is 16.4 Å². The molecule has 3 N–H and O–H groups in total. The van der Waals surface area contributed by atoms with E-state index >= 15 is 0 Å². The molecule has 0 spiro atoms. The number of hydrogen-bond acceptors (Lipinski definition) is 4. The van der Waals surface area contributed by atoms with Crippen molar-refractivity contribution >= 4 is 15.9 Å². The van der Waals surface area contributed by atoms with Gasteiger partial charge < -0.3 is 4.90 Å². The minimum atomic E-state index is 0.157. The van der Waals surface area contributed by atoms with Gasteiger partial charge in [-0.1, -0.05) is 19.8 Å². The SMILES string of the molecule is CCC1(C(NN)c2c(Br)cnn2CCN(C)C)CCCC1. The molecule has 0 bridgehead atoms. The van der Waals surface area contributed by atoms with E-state index in [1.807, 2.05) is 6.20 Å². The maximum atomic E-state index is 5.98. The van der Waals surface area contributed by atoms with Gasteiger partial charge in [0.1, 0.15) is 0 Å². The molecule has 6 heteroatoms. The summed E-state index contributed by atoms with van der Waals surface area (Å²) in [4.78, 5) is 2.18. The molecule has 1 atom stereocenters. The lowest BCUT2D eigenvalue weighted by Crippen LogP contribution is -2.41. The Labute approximate surface area is 136 Å². The van der Waals surface area contributed by atoms with Crippen LogP contribution < -0.4 is 11.3 Å². The van der Waals surface area contributed by atoms with E-state index in [2.05, 4.69) is 57.1 Å². The fourth-order valence-corrected chi connectivity index (χ4v) is 4.13. The molecule has 1 aromatic heterocycles. The van der Waals surface area contributed by atoms with E-state index in [9.17, 15) is 0 Å². The van der Waals surface area contributed by atoms with E-state index in [1.54, 1.807) is 0 Å². The predicted octanol–water partition coefficient (Wildman–Crippen LogP) is 2.68. The molecule has 5 nitrogen and oxygen atoms in total. The molecule has 2 rings (SSSR count). The maximum absolute atomic E-state index is 5.98. The summed E-state index contributed by atoms with van der Waals surface area (Å²) in [6.45, 7) is 4.13. The highest BCUT2D eigenvalue weighted by atomic mass is 79.9. The van der Waals surface area contributed by atoms with Crippen molar-refractivity contribution in [2.24, 2.45) is 11.3 Å². The second kappa shape index (κ2) is 7.22. The van der Waals surface area contributed by atoms with Gasteiger partial charge in [-0.2, -0.15) is 5.10 Å². The van der Waals surface area contributed by atoms with Gasteiger partial charge >= 0.3 is 0 Å². The summed E-state index contributed by atoms with van der Waals surface area (Å²) in [6.07, 6.45) is 8.12. The molecule has 120 valence electrons. The van der Waals surface area contributed by atoms with Crippen molar-refractivity contribution in [3.8, 4) is 0 Å². The Hall–Kier alpha value is -0.430. The summed E-state index contributed by atoms with van der Waals surface area (Å²) >= 11 is 3.67. The number of nitrogens with one attached hydrogen (secondary N) is 1. The standard InChI is InChI=1S/C15H28BrN5/c1-4-15(7-5-6-8-15)14(19-17)13-12(16)11-18-21(13)10-9-20(2)3/h11,14,19H,4-10,17H2,1-3H3. The molecule has 1 fully saturated rings. The summed E-state index contributed by atoms with van der Waals surface area (Å²) in [5, 5.41) is 4.54. The van der Waals surface area contributed by atoms with Gasteiger partial charge in [-0.15, -0.1) is 0 Å². The topological polar surface area (TPSA) is 59.1 Å².